The van der Waals surface area contributed by atoms with E-state index >= 15 is 0 Å². The summed E-state index contributed by atoms with van der Waals surface area (Å²) in [7, 11) is -1.59. The molecule has 2 aromatic carbocycles. The van der Waals surface area contributed by atoms with Crippen molar-refractivity contribution in [3.63, 3.8) is 0 Å². The summed E-state index contributed by atoms with van der Waals surface area (Å²) in [6, 6.07) is 9.67. The zero-order chi connectivity index (χ0) is 27.2. The van der Waals surface area contributed by atoms with Crippen molar-refractivity contribution in [1.82, 2.24) is 4.90 Å². The number of carbonyl (C=O) groups excluding carboxylic acids is 4. The highest BCUT2D eigenvalue weighted by molar-refractivity contribution is 7.92. The highest BCUT2D eigenvalue weighted by atomic mass is 32.2. The molecule has 1 aliphatic rings. The van der Waals surface area contributed by atoms with Gasteiger partial charge in [0.25, 0.3) is 5.91 Å². The number of ether oxygens (including phenoxy) is 3. The summed E-state index contributed by atoms with van der Waals surface area (Å²) in [6.07, 6.45) is 0.935. The molecule has 1 N–H and O–H groups in total. The summed E-state index contributed by atoms with van der Waals surface area (Å²) in [5.74, 6) is -2.46. The van der Waals surface area contributed by atoms with Crippen molar-refractivity contribution in [2.45, 2.75) is 0 Å². The van der Waals surface area contributed by atoms with Gasteiger partial charge in [0.2, 0.25) is 15.9 Å². The molecule has 0 unspecified atom stereocenters. The smallest absolute Gasteiger partial charge is 0.339 e. The SMILES string of the molecule is COC(=O)c1ccc(C(=O)OC)c(NC(=O)CN(c2ccc(C(=O)N3CCOCC3)cc2)S(C)(=O)=O)c1. The van der Waals surface area contributed by atoms with E-state index in [9.17, 15) is 27.6 Å². The first-order chi connectivity index (χ1) is 17.5. The molecule has 1 fully saturated rings. The summed E-state index contributed by atoms with van der Waals surface area (Å²) in [4.78, 5) is 51.2. The van der Waals surface area contributed by atoms with E-state index < -0.39 is 34.4 Å². The van der Waals surface area contributed by atoms with Gasteiger partial charge in [0.05, 0.1) is 56.2 Å². The molecule has 37 heavy (non-hydrogen) atoms. The van der Waals surface area contributed by atoms with E-state index in [0.717, 1.165) is 17.7 Å². The minimum atomic E-state index is -3.92. The number of hydrogen-bond donors (Lipinski definition) is 1. The van der Waals surface area contributed by atoms with Gasteiger partial charge in [0, 0.05) is 18.7 Å². The molecule has 2 amide bonds. The monoisotopic (exact) mass is 533 g/mol. The maximum atomic E-state index is 12.9. The van der Waals surface area contributed by atoms with Crippen LogP contribution in [-0.2, 0) is 29.0 Å². The maximum absolute atomic E-state index is 12.9. The number of anilines is 2. The second-order valence-corrected chi connectivity index (χ2v) is 9.92. The number of nitrogens with one attached hydrogen (secondary N) is 1. The van der Waals surface area contributed by atoms with Crippen molar-refractivity contribution >= 4 is 45.2 Å². The van der Waals surface area contributed by atoms with Crippen LogP contribution in [0.25, 0.3) is 0 Å². The molecule has 0 saturated carbocycles. The number of methoxy groups -OCH3 is 2. The molecule has 2 aromatic rings. The van der Waals surface area contributed by atoms with Gasteiger partial charge >= 0.3 is 11.9 Å². The number of sulfonamides is 1. The summed E-state index contributed by atoms with van der Waals surface area (Å²) in [5.41, 5.74) is 0.490. The molecule has 0 aliphatic carbocycles. The fourth-order valence-electron chi connectivity index (χ4n) is 3.62. The van der Waals surface area contributed by atoms with Crippen molar-refractivity contribution < 1.29 is 41.8 Å². The summed E-state index contributed by atoms with van der Waals surface area (Å²) in [5, 5.41) is 2.46. The zero-order valence-electron chi connectivity index (χ0n) is 20.6. The van der Waals surface area contributed by atoms with E-state index in [1.54, 1.807) is 4.90 Å². The van der Waals surface area contributed by atoms with Crippen LogP contribution in [0.4, 0.5) is 11.4 Å². The van der Waals surface area contributed by atoms with E-state index in [1.807, 2.05) is 0 Å². The lowest BCUT2D eigenvalue weighted by atomic mass is 10.1. The Morgan fingerprint density at radius 3 is 2.11 bits per heavy atom. The molecule has 0 atom stereocenters. The summed E-state index contributed by atoms with van der Waals surface area (Å²) < 4.78 is 40.5. The third-order valence-corrected chi connectivity index (χ3v) is 6.65. The predicted molar refractivity (Wildman–Crippen MR) is 133 cm³/mol. The van der Waals surface area contributed by atoms with Crippen molar-refractivity contribution in [2.24, 2.45) is 0 Å². The van der Waals surface area contributed by atoms with Crippen LogP contribution in [0.2, 0.25) is 0 Å². The molecule has 1 aliphatic heterocycles. The quantitative estimate of drug-likeness (QED) is 0.493. The van der Waals surface area contributed by atoms with Gasteiger partial charge in [-0.1, -0.05) is 0 Å². The Labute approximate surface area is 214 Å². The first-order valence-corrected chi connectivity index (χ1v) is 12.9. The van der Waals surface area contributed by atoms with Gasteiger partial charge < -0.3 is 24.4 Å². The normalized spacial score (nSPS) is 13.4. The molecule has 3 rings (SSSR count). The Morgan fingerprint density at radius 2 is 1.54 bits per heavy atom. The van der Waals surface area contributed by atoms with Gasteiger partial charge in [-0.2, -0.15) is 0 Å². The number of hydrogen-bond acceptors (Lipinski definition) is 9. The van der Waals surface area contributed by atoms with Gasteiger partial charge in [-0.05, 0) is 42.5 Å². The first kappa shape index (κ1) is 27.6. The third-order valence-electron chi connectivity index (χ3n) is 5.51. The molecule has 1 heterocycles. The summed E-state index contributed by atoms with van der Waals surface area (Å²) >= 11 is 0. The van der Waals surface area contributed by atoms with Crippen LogP contribution < -0.4 is 9.62 Å². The van der Waals surface area contributed by atoms with Gasteiger partial charge in [-0.25, -0.2) is 18.0 Å². The topological polar surface area (TPSA) is 149 Å². The number of morpholine rings is 1. The number of esters is 2. The maximum Gasteiger partial charge on any atom is 0.339 e. The van der Waals surface area contributed by atoms with Gasteiger partial charge in [-0.3, -0.25) is 13.9 Å². The van der Waals surface area contributed by atoms with E-state index in [1.165, 1.54) is 49.6 Å². The van der Waals surface area contributed by atoms with Crippen LogP contribution in [0.5, 0.6) is 0 Å². The highest BCUT2D eigenvalue weighted by Gasteiger charge is 2.24. The number of benzene rings is 2. The minimum absolute atomic E-state index is 0.0413. The van der Waals surface area contributed by atoms with Crippen molar-refractivity contribution in [3.05, 3.63) is 59.2 Å². The zero-order valence-corrected chi connectivity index (χ0v) is 21.4. The van der Waals surface area contributed by atoms with Crippen molar-refractivity contribution in [1.29, 1.82) is 0 Å². The van der Waals surface area contributed by atoms with Gasteiger partial charge in [0.1, 0.15) is 6.54 Å². The van der Waals surface area contributed by atoms with Gasteiger partial charge in [0.15, 0.2) is 0 Å². The Balaban J connectivity index is 1.82. The van der Waals surface area contributed by atoms with E-state index in [4.69, 9.17) is 9.47 Å². The lowest BCUT2D eigenvalue weighted by Gasteiger charge is -2.27. The Bertz CT molecular complexity index is 1290. The minimum Gasteiger partial charge on any atom is -0.465 e. The van der Waals surface area contributed by atoms with E-state index in [0.29, 0.717) is 31.9 Å². The fraction of sp³-hybridized carbons (Fsp3) is 0.333. The van der Waals surface area contributed by atoms with Crippen LogP contribution in [0.1, 0.15) is 31.1 Å². The van der Waals surface area contributed by atoms with Crippen LogP contribution in [0.15, 0.2) is 42.5 Å². The van der Waals surface area contributed by atoms with Crippen LogP contribution >= 0.6 is 0 Å². The fourth-order valence-corrected chi connectivity index (χ4v) is 4.48. The molecule has 0 aromatic heterocycles. The average molecular weight is 534 g/mol. The average Bonchev–Trinajstić information content (AvgIpc) is 2.90. The molecule has 1 saturated heterocycles. The summed E-state index contributed by atoms with van der Waals surface area (Å²) in [6.45, 7) is 1.17. The standard InChI is InChI=1S/C24H27N3O9S/c1-34-23(30)17-6-9-19(24(31)35-2)20(14-17)25-21(28)15-27(37(3,32)33)18-7-4-16(5-8-18)22(29)26-10-12-36-13-11-26/h4-9,14H,10-13,15H2,1-3H3,(H,25,28). The molecule has 0 radical (unpaired) electrons. The molecule has 198 valence electrons. The van der Waals surface area contributed by atoms with Crippen LogP contribution in [-0.4, -0.2) is 90.4 Å². The highest BCUT2D eigenvalue weighted by Crippen LogP contribution is 2.22. The molecular formula is C24H27N3O9S. The van der Waals surface area contributed by atoms with E-state index in [2.05, 4.69) is 10.1 Å². The molecule has 13 heteroatoms. The second-order valence-electron chi connectivity index (χ2n) is 8.01. The Kier molecular flexibility index (Phi) is 8.84. The van der Waals surface area contributed by atoms with Crippen molar-refractivity contribution in [2.75, 3.05) is 62.9 Å². The lowest BCUT2D eigenvalue weighted by molar-refractivity contribution is -0.114. The number of amides is 2. The Hall–Kier alpha value is -3.97. The second kappa shape index (κ2) is 11.8. The molecule has 0 spiro atoms. The Morgan fingerprint density at radius 1 is 0.946 bits per heavy atom. The predicted octanol–water partition coefficient (Wildman–Crippen LogP) is 1.14. The van der Waals surface area contributed by atoms with Crippen molar-refractivity contribution in [3.8, 4) is 0 Å². The number of rotatable bonds is 8. The lowest BCUT2D eigenvalue weighted by Crippen LogP contribution is -2.40. The van der Waals surface area contributed by atoms with Crippen LogP contribution in [0, 0.1) is 0 Å². The number of carbonyl (C=O) groups is 4. The molecule has 0 bridgehead atoms. The molecular weight excluding hydrogens is 506 g/mol. The first-order valence-electron chi connectivity index (χ1n) is 11.1. The number of nitrogens with zero attached hydrogens (tertiary/aromatic N) is 2. The molecule has 12 nitrogen and oxygen atoms in total. The van der Waals surface area contributed by atoms with Crippen LogP contribution in [0.3, 0.4) is 0 Å². The van der Waals surface area contributed by atoms with E-state index in [-0.39, 0.29) is 28.4 Å². The third kappa shape index (κ3) is 6.83. The van der Waals surface area contributed by atoms with Gasteiger partial charge in [-0.15, -0.1) is 0 Å². The largest absolute Gasteiger partial charge is 0.465 e.